The molecule has 0 saturated carbocycles. The number of hydrogen-bond donors (Lipinski definition) is 0. The standard InChI is InChI=1S/C15H18/c1-2-3-5-8-13-11-15(12-13)14-9-6-4-7-10-14/h3,5-6,8-11H,2,4,7,12H2,1H3/b5-3-,13-8-. The summed E-state index contributed by atoms with van der Waals surface area (Å²) in [4.78, 5) is 0. The van der Waals surface area contributed by atoms with Crippen molar-refractivity contribution in [2.75, 3.05) is 0 Å². The van der Waals surface area contributed by atoms with Gasteiger partial charge in [-0.25, -0.2) is 0 Å². The maximum atomic E-state index is 2.35. The van der Waals surface area contributed by atoms with E-state index in [2.05, 4.69) is 49.5 Å². The summed E-state index contributed by atoms with van der Waals surface area (Å²) in [5.41, 5.74) is 4.40. The summed E-state index contributed by atoms with van der Waals surface area (Å²) in [7, 11) is 0. The van der Waals surface area contributed by atoms with Crippen LogP contribution in [0.25, 0.3) is 0 Å². The van der Waals surface area contributed by atoms with E-state index in [4.69, 9.17) is 0 Å². The molecule has 2 aliphatic carbocycles. The third kappa shape index (κ3) is 2.59. The Morgan fingerprint density at radius 3 is 2.87 bits per heavy atom. The highest BCUT2D eigenvalue weighted by Crippen LogP contribution is 2.33. The van der Waals surface area contributed by atoms with Crippen molar-refractivity contribution in [3.63, 3.8) is 0 Å². The Hall–Kier alpha value is -1.30. The van der Waals surface area contributed by atoms with E-state index in [1.807, 2.05) is 0 Å². The van der Waals surface area contributed by atoms with Gasteiger partial charge in [0.15, 0.2) is 0 Å². The maximum Gasteiger partial charge on any atom is -0.00197 e. The van der Waals surface area contributed by atoms with Gasteiger partial charge < -0.3 is 0 Å². The zero-order chi connectivity index (χ0) is 10.5. The minimum Gasteiger partial charge on any atom is -0.0848 e. The molecule has 0 heteroatoms. The summed E-state index contributed by atoms with van der Waals surface area (Å²) in [6, 6.07) is 0. The molecular weight excluding hydrogens is 180 g/mol. The molecule has 0 N–H and O–H groups in total. The fourth-order valence-electron chi connectivity index (χ4n) is 1.89. The third-order valence-corrected chi connectivity index (χ3v) is 2.80. The number of rotatable bonds is 3. The number of hydrogen-bond acceptors (Lipinski definition) is 0. The Labute approximate surface area is 92.4 Å². The van der Waals surface area contributed by atoms with Crippen molar-refractivity contribution in [3.05, 3.63) is 59.3 Å². The van der Waals surface area contributed by atoms with Crippen molar-refractivity contribution in [2.24, 2.45) is 0 Å². The molecule has 0 saturated heterocycles. The van der Waals surface area contributed by atoms with Gasteiger partial charge in [0.2, 0.25) is 0 Å². The lowest BCUT2D eigenvalue weighted by Gasteiger charge is -2.20. The van der Waals surface area contributed by atoms with Crippen LogP contribution in [0.3, 0.4) is 0 Å². The lowest BCUT2D eigenvalue weighted by atomic mass is 9.85. The van der Waals surface area contributed by atoms with Crippen LogP contribution in [-0.2, 0) is 0 Å². The predicted octanol–water partition coefficient (Wildman–Crippen LogP) is 4.49. The van der Waals surface area contributed by atoms with E-state index in [9.17, 15) is 0 Å². The van der Waals surface area contributed by atoms with E-state index in [1.54, 1.807) is 0 Å². The second-order valence-electron chi connectivity index (χ2n) is 4.06. The lowest BCUT2D eigenvalue weighted by Crippen LogP contribution is -2.01. The molecule has 0 aromatic carbocycles. The molecule has 0 unspecified atom stereocenters. The Morgan fingerprint density at radius 2 is 2.20 bits per heavy atom. The summed E-state index contributed by atoms with van der Waals surface area (Å²) in [6.45, 7) is 2.16. The average Bonchev–Trinajstić information content (AvgIpc) is 2.23. The fourth-order valence-corrected chi connectivity index (χ4v) is 1.89. The van der Waals surface area contributed by atoms with Crippen molar-refractivity contribution in [1.29, 1.82) is 0 Å². The van der Waals surface area contributed by atoms with Gasteiger partial charge in [0, 0.05) is 0 Å². The van der Waals surface area contributed by atoms with Crippen molar-refractivity contribution in [1.82, 2.24) is 0 Å². The van der Waals surface area contributed by atoms with Crippen LogP contribution in [0.4, 0.5) is 0 Å². The summed E-state index contributed by atoms with van der Waals surface area (Å²) >= 11 is 0. The van der Waals surface area contributed by atoms with Crippen LogP contribution in [0.15, 0.2) is 59.3 Å². The second-order valence-corrected chi connectivity index (χ2v) is 4.06. The normalized spacial score (nSPS) is 22.9. The highest BCUT2D eigenvalue weighted by atomic mass is 14.2. The summed E-state index contributed by atoms with van der Waals surface area (Å²) in [5.74, 6) is 0. The van der Waals surface area contributed by atoms with Crippen molar-refractivity contribution >= 4 is 0 Å². The quantitative estimate of drug-likeness (QED) is 0.627. The third-order valence-electron chi connectivity index (χ3n) is 2.80. The Balaban J connectivity index is 1.97. The second kappa shape index (κ2) is 4.97. The van der Waals surface area contributed by atoms with Gasteiger partial charge in [-0.05, 0) is 42.4 Å². The van der Waals surface area contributed by atoms with Gasteiger partial charge in [-0.15, -0.1) is 0 Å². The first-order valence-electron chi connectivity index (χ1n) is 5.83. The first kappa shape index (κ1) is 10.2. The minimum atomic E-state index is 1.12. The van der Waals surface area contributed by atoms with Gasteiger partial charge in [0.05, 0.1) is 0 Å². The van der Waals surface area contributed by atoms with Crippen LogP contribution < -0.4 is 0 Å². The average molecular weight is 198 g/mol. The van der Waals surface area contributed by atoms with Gasteiger partial charge >= 0.3 is 0 Å². The van der Waals surface area contributed by atoms with E-state index in [0.29, 0.717) is 0 Å². The van der Waals surface area contributed by atoms with Crippen LogP contribution in [-0.4, -0.2) is 0 Å². The molecule has 0 aromatic rings. The molecular formula is C15H18. The van der Waals surface area contributed by atoms with Crippen LogP contribution in [0.5, 0.6) is 0 Å². The molecule has 0 atom stereocenters. The minimum absolute atomic E-state index is 1.12. The van der Waals surface area contributed by atoms with Gasteiger partial charge in [-0.1, -0.05) is 49.5 Å². The van der Waals surface area contributed by atoms with Crippen LogP contribution >= 0.6 is 0 Å². The molecule has 0 radical (unpaired) electrons. The monoisotopic (exact) mass is 198 g/mol. The van der Waals surface area contributed by atoms with Crippen LogP contribution in [0.1, 0.15) is 32.6 Å². The Bertz CT molecular complexity index is 373. The van der Waals surface area contributed by atoms with Gasteiger partial charge in [-0.3, -0.25) is 0 Å². The zero-order valence-corrected chi connectivity index (χ0v) is 9.37. The van der Waals surface area contributed by atoms with Crippen LogP contribution in [0.2, 0.25) is 0 Å². The topological polar surface area (TPSA) is 0 Å². The highest BCUT2D eigenvalue weighted by Gasteiger charge is 2.14. The fraction of sp³-hybridized carbons (Fsp3) is 0.333. The van der Waals surface area contributed by atoms with Gasteiger partial charge in [-0.2, -0.15) is 0 Å². The van der Waals surface area contributed by atoms with E-state index in [0.717, 1.165) is 12.8 Å². The molecule has 0 aromatic heterocycles. The molecule has 0 spiro atoms. The lowest BCUT2D eigenvalue weighted by molar-refractivity contribution is 0.992. The summed E-state index contributed by atoms with van der Waals surface area (Å²) in [6.07, 6.45) is 20.4. The van der Waals surface area contributed by atoms with E-state index >= 15 is 0 Å². The molecule has 0 nitrogen and oxygen atoms in total. The molecule has 0 heterocycles. The smallest absolute Gasteiger partial charge is 0.00197 e. The van der Waals surface area contributed by atoms with Gasteiger partial charge in [0.1, 0.15) is 0 Å². The molecule has 2 aliphatic rings. The molecule has 78 valence electrons. The SMILES string of the molecule is CC/C=C\C=C1\C=C(C2=CCCC=C2)C1. The van der Waals surface area contributed by atoms with Crippen molar-refractivity contribution in [2.45, 2.75) is 32.6 Å². The maximum absolute atomic E-state index is 2.35. The highest BCUT2D eigenvalue weighted by molar-refractivity contribution is 5.54. The number of allylic oxidation sites excluding steroid dienone is 10. The first-order chi connectivity index (χ1) is 7.40. The van der Waals surface area contributed by atoms with E-state index < -0.39 is 0 Å². The molecule has 2 rings (SSSR count). The van der Waals surface area contributed by atoms with Crippen molar-refractivity contribution in [3.8, 4) is 0 Å². The Kier molecular flexibility index (Phi) is 3.39. The summed E-state index contributed by atoms with van der Waals surface area (Å²) < 4.78 is 0. The van der Waals surface area contributed by atoms with Gasteiger partial charge in [0.25, 0.3) is 0 Å². The predicted molar refractivity (Wildman–Crippen MR) is 66.7 cm³/mol. The molecule has 15 heavy (non-hydrogen) atoms. The molecule has 0 fully saturated rings. The first-order valence-corrected chi connectivity index (χ1v) is 5.83. The Morgan fingerprint density at radius 1 is 1.33 bits per heavy atom. The molecule has 0 aliphatic heterocycles. The summed E-state index contributed by atoms with van der Waals surface area (Å²) in [5, 5.41) is 0. The van der Waals surface area contributed by atoms with E-state index in [-0.39, 0.29) is 0 Å². The molecule has 0 amide bonds. The largest absolute Gasteiger partial charge is 0.0848 e. The zero-order valence-electron chi connectivity index (χ0n) is 9.37. The van der Waals surface area contributed by atoms with Crippen LogP contribution in [0, 0.1) is 0 Å². The molecule has 0 bridgehead atoms. The van der Waals surface area contributed by atoms with E-state index in [1.165, 1.54) is 29.6 Å². The van der Waals surface area contributed by atoms with Crippen molar-refractivity contribution < 1.29 is 0 Å².